The molecule has 0 radical (unpaired) electrons. The minimum Gasteiger partial charge on any atom is -0.598 e. The fourth-order valence-electron chi connectivity index (χ4n) is 2.31. The van der Waals surface area contributed by atoms with E-state index in [0.717, 1.165) is 11.3 Å². The zero-order valence-electron chi connectivity index (χ0n) is 15.7. The van der Waals surface area contributed by atoms with Crippen molar-refractivity contribution in [3.05, 3.63) is 54.2 Å². The SMILES string of the molecule is CCOC(=O)C[C@H](N[S+]([O-])C(C)(C)C)c1cccc(-c2ccccc2)n1. The summed E-state index contributed by atoms with van der Waals surface area (Å²) in [5.41, 5.74) is 2.46. The first-order chi connectivity index (χ1) is 12.3. The maximum Gasteiger partial charge on any atom is 0.307 e. The molecule has 2 rings (SSSR count). The van der Waals surface area contributed by atoms with Crippen molar-refractivity contribution >= 4 is 17.3 Å². The first-order valence-electron chi connectivity index (χ1n) is 8.67. The van der Waals surface area contributed by atoms with Crippen molar-refractivity contribution in [2.45, 2.75) is 44.9 Å². The summed E-state index contributed by atoms with van der Waals surface area (Å²) >= 11 is -1.34. The lowest BCUT2D eigenvalue weighted by Crippen LogP contribution is -2.42. The second-order valence-electron chi connectivity index (χ2n) is 6.87. The highest BCUT2D eigenvalue weighted by molar-refractivity contribution is 7.90. The number of pyridine rings is 1. The molecule has 6 heteroatoms. The van der Waals surface area contributed by atoms with Crippen LogP contribution in [0.5, 0.6) is 0 Å². The molecule has 2 aromatic rings. The molecule has 1 unspecified atom stereocenters. The maximum atomic E-state index is 12.6. The van der Waals surface area contributed by atoms with E-state index in [2.05, 4.69) is 9.71 Å². The van der Waals surface area contributed by atoms with Crippen molar-refractivity contribution in [2.24, 2.45) is 0 Å². The van der Waals surface area contributed by atoms with Crippen LogP contribution in [0.15, 0.2) is 48.5 Å². The number of nitrogens with zero attached hydrogens (tertiary/aromatic N) is 1. The molecule has 0 aliphatic rings. The predicted octanol–water partition coefficient (Wildman–Crippen LogP) is 3.79. The third-order valence-electron chi connectivity index (χ3n) is 3.68. The number of esters is 1. The van der Waals surface area contributed by atoms with Gasteiger partial charge >= 0.3 is 5.97 Å². The van der Waals surface area contributed by atoms with Crippen LogP contribution in [0.1, 0.15) is 45.9 Å². The smallest absolute Gasteiger partial charge is 0.307 e. The van der Waals surface area contributed by atoms with Crippen LogP contribution in [0.25, 0.3) is 11.3 Å². The molecule has 1 N–H and O–H groups in total. The molecule has 0 fully saturated rings. The molecule has 0 spiro atoms. The summed E-state index contributed by atoms with van der Waals surface area (Å²) in [4.78, 5) is 16.7. The maximum absolute atomic E-state index is 12.6. The van der Waals surface area contributed by atoms with Gasteiger partial charge in [0.2, 0.25) is 0 Å². The average Bonchev–Trinajstić information content (AvgIpc) is 2.61. The van der Waals surface area contributed by atoms with Gasteiger partial charge in [0.25, 0.3) is 0 Å². The van der Waals surface area contributed by atoms with Gasteiger partial charge in [-0.2, -0.15) is 0 Å². The van der Waals surface area contributed by atoms with E-state index in [0.29, 0.717) is 12.3 Å². The van der Waals surface area contributed by atoms with Crippen molar-refractivity contribution in [1.29, 1.82) is 0 Å². The molecule has 1 aromatic carbocycles. The molecule has 1 aromatic heterocycles. The lowest BCUT2D eigenvalue weighted by molar-refractivity contribution is -0.143. The second-order valence-corrected chi connectivity index (χ2v) is 8.87. The molecule has 26 heavy (non-hydrogen) atoms. The summed E-state index contributed by atoms with van der Waals surface area (Å²) < 4.78 is 20.2. The topological polar surface area (TPSA) is 74.3 Å². The summed E-state index contributed by atoms with van der Waals surface area (Å²) in [5.74, 6) is -0.345. The number of ether oxygens (including phenoxy) is 1. The van der Waals surface area contributed by atoms with Gasteiger partial charge in [0.1, 0.15) is 10.8 Å². The fraction of sp³-hybridized carbons (Fsp3) is 0.400. The Hall–Kier alpha value is -1.89. The van der Waals surface area contributed by atoms with Crippen LogP contribution in [0.2, 0.25) is 0 Å². The third kappa shape index (κ3) is 5.83. The van der Waals surface area contributed by atoms with Crippen LogP contribution < -0.4 is 4.72 Å². The fourth-order valence-corrected chi connectivity index (χ4v) is 3.13. The van der Waals surface area contributed by atoms with Gasteiger partial charge in [-0.25, -0.2) is 0 Å². The molecule has 0 saturated heterocycles. The minimum atomic E-state index is -1.34. The van der Waals surface area contributed by atoms with E-state index in [1.54, 1.807) is 6.92 Å². The van der Waals surface area contributed by atoms with Crippen LogP contribution in [0, 0.1) is 0 Å². The highest BCUT2D eigenvalue weighted by atomic mass is 32.2. The van der Waals surface area contributed by atoms with E-state index in [4.69, 9.17) is 4.74 Å². The Bertz CT molecular complexity index is 716. The Morgan fingerprint density at radius 1 is 1.19 bits per heavy atom. The van der Waals surface area contributed by atoms with E-state index >= 15 is 0 Å². The average molecular weight is 375 g/mol. The number of benzene rings is 1. The molecule has 140 valence electrons. The van der Waals surface area contributed by atoms with Crippen molar-refractivity contribution < 1.29 is 14.1 Å². The highest BCUT2D eigenvalue weighted by Gasteiger charge is 2.31. The molecule has 2 atom stereocenters. The van der Waals surface area contributed by atoms with Gasteiger partial charge in [-0.3, -0.25) is 9.78 Å². The summed E-state index contributed by atoms with van der Waals surface area (Å²) in [6, 6.07) is 15.0. The first kappa shape index (κ1) is 20.4. The van der Waals surface area contributed by atoms with E-state index < -0.39 is 22.2 Å². The molecule has 0 aliphatic carbocycles. The van der Waals surface area contributed by atoms with E-state index in [1.165, 1.54) is 0 Å². The van der Waals surface area contributed by atoms with Crippen LogP contribution in [0.4, 0.5) is 0 Å². The normalized spacial score (nSPS) is 13.9. The van der Waals surface area contributed by atoms with Gasteiger partial charge < -0.3 is 9.29 Å². The minimum absolute atomic E-state index is 0.0703. The van der Waals surface area contributed by atoms with Crippen molar-refractivity contribution in [2.75, 3.05) is 6.61 Å². The standard InChI is InChI=1S/C20H26N2O3S/c1-5-25-19(23)14-18(22-26(24)20(2,3)4)17-13-9-12-16(21-17)15-10-7-6-8-11-15/h6-13,18,22H,5,14H2,1-4H3/t18-,26?/m0/s1. The predicted molar refractivity (Wildman–Crippen MR) is 105 cm³/mol. The van der Waals surface area contributed by atoms with Gasteiger partial charge in [-0.05, 0) is 39.8 Å². The number of hydrogen-bond donors (Lipinski definition) is 1. The van der Waals surface area contributed by atoms with E-state index in [-0.39, 0.29) is 12.4 Å². The molecular weight excluding hydrogens is 348 g/mol. The Morgan fingerprint density at radius 2 is 1.88 bits per heavy atom. The van der Waals surface area contributed by atoms with Crippen LogP contribution >= 0.6 is 0 Å². The van der Waals surface area contributed by atoms with Gasteiger partial charge in [0.05, 0.1) is 24.4 Å². The molecule has 0 aliphatic heterocycles. The Kier molecular flexibility index (Phi) is 7.20. The van der Waals surface area contributed by atoms with Crippen LogP contribution in [-0.4, -0.2) is 26.9 Å². The zero-order valence-corrected chi connectivity index (χ0v) is 16.5. The van der Waals surface area contributed by atoms with Gasteiger partial charge in [-0.1, -0.05) is 36.4 Å². The second kappa shape index (κ2) is 9.16. The Morgan fingerprint density at radius 3 is 2.50 bits per heavy atom. The molecule has 0 bridgehead atoms. The zero-order chi connectivity index (χ0) is 19.2. The van der Waals surface area contributed by atoms with Crippen LogP contribution in [-0.2, 0) is 20.9 Å². The number of carbonyl (C=O) groups is 1. The summed E-state index contributed by atoms with van der Waals surface area (Å²) in [6.45, 7) is 7.72. The quantitative estimate of drug-likeness (QED) is 0.589. The van der Waals surface area contributed by atoms with Gasteiger partial charge in [0, 0.05) is 16.9 Å². The highest BCUT2D eigenvalue weighted by Crippen LogP contribution is 2.24. The molecular formula is C20H26N2O3S. The summed E-state index contributed by atoms with van der Waals surface area (Å²) in [6.07, 6.45) is 0.0703. The number of rotatable bonds is 7. The van der Waals surface area contributed by atoms with E-state index in [1.807, 2.05) is 69.3 Å². The number of nitrogens with one attached hydrogen (secondary N) is 1. The van der Waals surface area contributed by atoms with Gasteiger partial charge in [0.15, 0.2) is 0 Å². The largest absolute Gasteiger partial charge is 0.598 e. The number of hydrogen-bond acceptors (Lipinski definition) is 5. The van der Waals surface area contributed by atoms with E-state index in [9.17, 15) is 9.35 Å². The molecule has 5 nitrogen and oxygen atoms in total. The Labute approximate surface area is 158 Å². The Balaban J connectivity index is 2.30. The third-order valence-corrected chi connectivity index (χ3v) is 5.29. The lowest BCUT2D eigenvalue weighted by atomic mass is 10.1. The molecule has 1 heterocycles. The molecule has 0 amide bonds. The summed E-state index contributed by atoms with van der Waals surface area (Å²) in [5, 5.41) is 0. The van der Waals surface area contributed by atoms with Crippen molar-refractivity contribution in [3.63, 3.8) is 0 Å². The number of aromatic nitrogens is 1. The molecule has 0 saturated carbocycles. The van der Waals surface area contributed by atoms with Crippen molar-refractivity contribution in [1.82, 2.24) is 9.71 Å². The van der Waals surface area contributed by atoms with Gasteiger partial charge in [-0.15, -0.1) is 4.72 Å². The summed E-state index contributed by atoms with van der Waals surface area (Å²) in [7, 11) is 0. The lowest BCUT2D eigenvalue weighted by Gasteiger charge is -2.27. The monoisotopic (exact) mass is 374 g/mol. The van der Waals surface area contributed by atoms with Crippen LogP contribution in [0.3, 0.4) is 0 Å². The number of carbonyl (C=O) groups excluding carboxylic acids is 1. The van der Waals surface area contributed by atoms with Crippen molar-refractivity contribution in [3.8, 4) is 11.3 Å². The first-order valence-corrected chi connectivity index (χ1v) is 9.82.